The van der Waals surface area contributed by atoms with Crippen molar-refractivity contribution in [2.45, 2.75) is 98.8 Å². The minimum absolute atomic E-state index is 0.0344. The summed E-state index contributed by atoms with van der Waals surface area (Å²) in [5, 5.41) is 0. The van der Waals surface area contributed by atoms with Crippen LogP contribution in [0.3, 0.4) is 0 Å². The standard InChI is InChI=1S/C35H46O3/c1-6-12-30(32(8-3)33(37)19-24(4)36)21-28-22-31-18-17-29(25(5)35(31)34(38)23-28)20-26(7-2)15-16-27-13-10-9-11-14-27/h7,9-11,13-14,17-18,28,30,32H,6,8,12,15-16,19-23H2,1-5H3. The topological polar surface area (TPSA) is 51.2 Å². The van der Waals surface area contributed by atoms with Crippen molar-refractivity contribution in [3.05, 3.63) is 81.9 Å². The normalized spacial score (nSPS) is 17.1. The molecule has 0 saturated heterocycles. The number of aryl methyl sites for hydroxylation is 1. The molecule has 3 unspecified atom stereocenters. The third-order valence-corrected chi connectivity index (χ3v) is 8.47. The van der Waals surface area contributed by atoms with Crippen LogP contribution in [0.2, 0.25) is 0 Å². The third kappa shape index (κ3) is 7.85. The van der Waals surface area contributed by atoms with Crippen LogP contribution < -0.4 is 0 Å². The van der Waals surface area contributed by atoms with Crippen LogP contribution in [0.4, 0.5) is 0 Å². The number of hydrogen-bond acceptors (Lipinski definition) is 3. The van der Waals surface area contributed by atoms with E-state index in [2.05, 4.69) is 76.2 Å². The van der Waals surface area contributed by atoms with E-state index in [1.807, 2.05) is 0 Å². The molecule has 0 N–H and O–H groups in total. The lowest BCUT2D eigenvalue weighted by Gasteiger charge is -2.32. The Labute approximate surface area is 230 Å². The number of ketones is 3. The SMILES string of the molecule is CC=C(CCc1ccccc1)Cc1ccc2c(c1C)C(=O)CC(CC(CCC)C(CC)C(=O)CC(C)=O)C2. The Morgan fingerprint density at radius 1 is 1.05 bits per heavy atom. The van der Waals surface area contributed by atoms with Crippen LogP contribution in [0.1, 0.15) is 105 Å². The van der Waals surface area contributed by atoms with E-state index >= 15 is 0 Å². The number of rotatable bonds is 14. The molecule has 3 heteroatoms. The Kier molecular flexibility index (Phi) is 11.2. The molecule has 0 aliphatic heterocycles. The van der Waals surface area contributed by atoms with Crippen LogP contribution >= 0.6 is 0 Å². The van der Waals surface area contributed by atoms with E-state index in [0.717, 1.165) is 68.1 Å². The number of hydrogen-bond donors (Lipinski definition) is 0. The summed E-state index contributed by atoms with van der Waals surface area (Å²) in [5.41, 5.74) is 7.24. The molecule has 0 saturated carbocycles. The molecule has 1 aliphatic rings. The Hall–Kier alpha value is -2.81. The fourth-order valence-electron chi connectivity index (χ4n) is 6.49. The Balaban J connectivity index is 1.72. The summed E-state index contributed by atoms with van der Waals surface area (Å²) in [6, 6.07) is 15.0. The Morgan fingerprint density at radius 2 is 1.79 bits per heavy atom. The first-order chi connectivity index (χ1) is 18.3. The van der Waals surface area contributed by atoms with Gasteiger partial charge in [-0.05, 0) is 93.4 Å². The van der Waals surface area contributed by atoms with E-state index in [0.29, 0.717) is 6.42 Å². The molecule has 3 atom stereocenters. The molecular formula is C35H46O3. The second kappa shape index (κ2) is 14.4. The van der Waals surface area contributed by atoms with Crippen LogP contribution in [0.15, 0.2) is 54.1 Å². The van der Waals surface area contributed by atoms with Gasteiger partial charge in [0.1, 0.15) is 11.6 Å². The van der Waals surface area contributed by atoms with Gasteiger partial charge < -0.3 is 0 Å². The summed E-state index contributed by atoms with van der Waals surface area (Å²) < 4.78 is 0. The van der Waals surface area contributed by atoms with Crippen molar-refractivity contribution in [2.24, 2.45) is 17.8 Å². The molecule has 0 bridgehead atoms. The van der Waals surface area contributed by atoms with E-state index < -0.39 is 0 Å². The Morgan fingerprint density at radius 3 is 2.42 bits per heavy atom. The summed E-state index contributed by atoms with van der Waals surface area (Å²) >= 11 is 0. The van der Waals surface area contributed by atoms with Gasteiger partial charge in [-0.1, -0.05) is 80.8 Å². The van der Waals surface area contributed by atoms with Crippen LogP contribution in [0.5, 0.6) is 0 Å². The lowest BCUT2D eigenvalue weighted by Crippen LogP contribution is -2.30. The van der Waals surface area contributed by atoms with Gasteiger partial charge in [-0.25, -0.2) is 0 Å². The summed E-state index contributed by atoms with van der Waals surface area (Å²) in [7, 11) is 0. The van der Waals surface area contributed by atoms with Gasteiger partial charge in [-0.2, -0.15) is 0 Å². The van der Waals surface area contributed by atoms with Crippen molar-refractivity contribution in [1.29, 1.82) is 0 Å². The summed E-state index contributed by atoms with van der Waals surface area (Å²) in [6.07, 6.45) is 10.2. The van der Waals surface area contributed by atoms with Gasteiger partial charge in [-0.15, -0.1) is 0 Å². The first-order valence-electron chi connectivity index (χ1n) is 14.6. The summed E-state index contributed by atoms with van der Waals surface area (Å²) in [4.78, 5) is 37.9. The maximum Gasteiger partial charge on any atom is 0.163 e. The fourth-order valence-corrected chi connectivity index (χ4v) is 6.49. The molecule has 3 rings (SSSR count). The maximum absolute atomic E-state index is 13.5. The smallest absolute Gasteiger partial charge is 0.163 e. The molecule has 1 aliphatic carbocycles. The largest absolute Gasteiger partial charge is 0.300 e. The minimum Gasteiger partial charge on any atom is -0.300 e. The van der Waals surface area contributed by atoms with Gasteiger partial charge in [0, 0.05) is 17.9 Å². The zero-order valence-electron chi connectivity index (χ0n) is 24.1. The maximum atomic E-state index is 13.5. The van der Waals surface area contributed by atoms with Gasteiger partial charge in [0.05, 0.1) is 6.42 Å². The van der Waals surface area contributed by atoms with Crippen molar-refractivity contribution >= 4 is 17.3 Å². The second-order valence-electron chi connectivity index (χ2n) is 11.3. The van der Waals surface area contributed by atoms with E-state index in [4.69, 9.17) is 0 Å². The molecule has 2 aromatic carbocycles. The van der Waals surface area contributed by atoms with Gasteiger partial charge in [0.25, 0.3) is 0 Å². The third-order valence-electron chi connectivity index (χ3n) is 8.47. The van der Waals surface area contributed by atoms with Crippen molar-refractivity contribution < 1.29 is 14.4 Å². The molecule has 38 heavy (non-hydrogen) atoms. The number of carbonyl (C=O) groups is 3. The van der Waals surface area contributed by atoms with Crippen LogP contribution in [0.25, 0.3) is 0 Å². The van der Waals surface area contributed by atoms with E-state index in [1.165, 1.54) is 23.6 Å². The van der Waals surface area contributed by atoms with Gasteiger partial charge >= 0.3 is 0 Å². The molecular weight excluding hydrogens is 468 g/mol. The van der Waals surface area contributed by atoms with Crippen molar-refractivity contribution in [2.75, 3.05) is 0 Å². The molecule has 204 valence electrons. The monoisotopic (exact) mass is 514 g/mol. The zero-order valence-corrected chi connectivity index (χ0v) is 24.1. The van der Waals surface area contributed by atoms with Gasteiger partial charge in [-0.3, -0.25) is 14.4 Å². The van der Waals surface area contributed by atoms with E-state index in [9.17, 15) is 14.4 Å². The predicted molar refractivity (Wildman–Crippen MR) is 157 cm³/mol. The first-order valence-corrected chi connectivity index (χ1v) is 14.6. The molecule has 0 amide bonds. The zero-order chi connectivity index (χ0) is 27.7. The number of allylic oxidation sites excluding steroid dienone is 2. The summed E-state index contributed by atoms with van der Waals surface area (Å²) in [6.45, 7) is 9.93. The molecule has 0 heterocycles. The summed E-state index contributed by atoms with van der Waals surface area (Å²) in [5.74, 6) is 0.674. The lowest BCUT2D eigenvalue weighted by molar-refractivity contribution is -0.129. The molecule has 0 fully saturated rings. The predicted octanol–water partition coefficient (Wildman–Crippen LogP) is 8.24. The minimum atomic E-state index is -0.0883. The van der Waals surface area contributed by atoms with Gasteiger partial charge in [0.15, 0.2) is 5.78 Å². The van der Waals surface area contributed by atoms with Crippen molar-refractivity contribution in [3.63, 3.8) is 0 Å². The Bertz CT molecular complexity index is 1140. The molecule has 0 spiro atoms. The van der Waals surface area contributed by atoms with Crippen LogP contribution in [0, 0.1) is 24.7 Å². The molecule has 3 nitrogen and oxygen atoms in total. The highest BCUT2D eigenvalue weighted by Gasteiger charge is 2.33. The number of fused-ring (bicyclic) bond motifs is 1. The number of carbonyl (C=O) groups excluding carboxylic acids is 3. The highest BCUT2D eigenvalue weighted by molar-refractivity contribution is 6.00. The van der Waals surface area contributed by atoms with E-state index in [1.54, 1.807) is 0 Å². The average Bonchev–Trinajstić information content (AvgIpc) is 2.88. The highest BCUT2D eigenvalue weighted by atomic mass is 16.1. The second-order valence-corrected chi connectivity index (χ2v) is 11.3. The molecule has 2 aromatic rings. The van der Waals surface area contributed by atoms with Crippen molar-refractivity contribution in [1.82, 2.24) is 0 Å². The molecule has 0 aromatic heterocycles. The number of Topliss-reactive ketones (excluding diaryl/α,β-unsaturated/α-hetero) is 3. The van der Waals surface area contributed by atoms with E-state index in [-0.39, 0.29) is 41.5 Å². The number of benzene rings is 2. The quantitative estimate of drug-likeness (QED) is 0.188. The van der Waals surface area contributed by atoms with Gasteiger partial charge in [0.2, 0.25) is 0 Å². The lowest BCUT2D eigenvalue weighted by atomic mass is 9.71. The average molecular weight is 515 g/mol. The van der Waals surface area contributed by atoms with Crippen LogP contribution in [-0.2, 0) is 28.9 Å². The molecule has 0 radical (unpaired) electrons. The van der Waals surface area contributed by atoms with Crippen molar-refractivity contribution in [3.8, 4) is 0 Å². The first kappa shape index (κ1) is 29.7. The van der Waals surface area contributed by atoms with Crippen LogP contribution in [-0.4, -0.2) is 17.3 Å². The fraction of sp³-hybridized carbons (Fsp3) is 0.514. The highest BCUT2D eigenvalue weighted by Crippen LogP contribution is 2.37.